The van der Waals surface area contributed by atoms with E-state index in [1.165, 1.54) is 16.8 Å². The quantitative estimate of drug-likeness (QED) is 0.787. The largest absolute Gasteiger partial charge is 0.371 e. The number of carbonyl (C=O) groups excluding carboxylic acids is 1. The van der Waals surface area contributed by atoms with Crippen LogP contribution in [0.2, 0.25) is 0 Å². The van der Waals surface area contributed by atoms with Gasteiger partial charge in [0, 0.05) is 51.2 Å². The Labute approximate surface area is 177 Å². The van der Waals surface area contributed by atoms with Crippen LogP contribution in [0.25, 0.3) is 0 Å². The van der Waals surface area contributed by atoms with Crippen molar-refractivity contribution in [3.8, 4) is 0 Å². The molecule has 0 radical (unpaired) electrons. The molecule has 0 spiro atoms. The first-order chi connectivity index (χ1) is 14.4. The van der Waals surface area contributed by atoms with Crippen molar-refractivity contribution in [1.29, 1.82) is 0 Å². The maximum absolute atomic E-state index is 13.2. The summed E-state index contributed by atoms with van der Waals surface area (Å²) in [6.45, 7) is 2.79. The summed E-state index contributed by atoms with van der Waals surface area (Å²) in [6.07, 6.45) is 7.85. The van der Waals surface area contributed by atoms with Crippen LogP contribution in [-0.4, -0.2) is 54.6 Å². The molecule has 0 bridgehead atoms. The summed E-state index contributed by atoms with van der Waals surface area (Å²) in [5.41, 5.74) is 1.15. The van der Waals surface area contributed by atoms with Crippen LogP contribution in [0.5, 0.6) is 0 Å². The second-order valence-electron chi connectivity index (χ2n) is 8.02. The molecule has 2 saturated heterocycles. The molecule has 3 heterocycles. The number of piperidine rings is 2. The molecule has 4 rings (SSSR count). The topological polar surface area (TPSA) is 87.5 Å². The average molecular weight is 432 g/mol. The first-order valence-electron chi connectivity index (χ1n) is 10.7. The molecule has 1 aromatic carbocycles. The second kappa shape index (κ2) is 8.77. The minimum absolute atomic E-state index is 0.177. The van der Waals surface area contributed by atoms with Gasteiger partial charge in [-0.15, -0.1) is 0 Å². The van der Waals surface area contributed by atoms with Gasteiger partial charge in [-0.3, -0.25) is 9.48 Å². The molecule has 2 aliphatic rings. The monoisotopic (exact) mass is 431 g/mol. The summed E-state index contributed by atoms with van der Waals surface area (Å²) < 4.78 is 29.5. The number of hydrogen-bond donors (Lipinski definition) is 1. The van der Waals surface area contributed by atoms with Gasteiger partial charge in [0.2, 0.25) is 10.0 Å². The first-order valence-corrected chi connectivity index (χ1v) is 12.1. The van der Waals surface area contributed by atoms with Gasteiger partial charge in [-0.2, -0.15) is 9.40 Å². The fraction of sp³-hybridized carbons (Fsp3) is 0.524. The molecule has 0 unspecified atom stereocenters. The molecule has 0 aliphatic carbocycles. The molecule has 30 heavy (non-hydrogen) atoms. The minimum atomic E-state index is -3.62. The summed E-state index contributed by atoms with van der Waals surface area (Å²) in [4.78, 5) is 15.5. The summed E-state index contributed by atoms with van der Waals surface area (Å²) in [6, 6.07) is 6.68. The highest BCUT2D eigenvalue weighted by atomic mass is 32.2. The number of carbonyl (C=O) groups is 1. The number of sulfonamides is 1. The molecule has 9 heteroatoms. The van der Waals surface area contributed by atoms with Crippen LogP contribution in [0.3, 0.4) is 0 Å². The molecule has 1 N–H and O–H groups in total. The number of aryl methyl sites for hydroxylation is 1. The lowest BCUT2D eigenvalue weighted by Crippen LogP contribution is -2.36. The maximum atomic E-state index is 13.2. The van der Waals surface area contributed by atoms with E-state index in [9.17, 15) is 13.2 Å². The Kier molecular flexibility index (Phi) is 6.10. The van der Waals surface area contributed by atoms with Gasteiger partial charge < -0.3 is 10.2 Å². The molecular weight excluding hydrogens is 402 g/mol. The van der Waals surface area contributed by atoms with Crippen molar-refractivity contribution < 1.29 is 13.2 Å². The summed E-state index contributed by atoms with van der Waals surface area (Å²) in [7, 11) is -1.84. The lowest BCUT2D eigenvalue weighted by Gasteiger charge is -2.31. The van der Waals surface area contributed by atoms with Gasteiger partial charge in [-0.1, -0.05) is 6.42 Å². The summed E-state index contributed by atoms with van der Waals surface area (Å²) in [5, 5.41) is 7.02. The van der Waals surface area contributed by atoms with Crippen LogP contribution in [-0.2, 0) is 17.1 Å². The Morgan fingerprint density at radius 2 is 1.63 bits per heavy atom. The van der Waals surface area contributed by atoms with Gasteiger partial charge in [-0.05, 0) is 50.3 Å². The van der Waals surface area contributed by atoms with Gasteiger partial charge in [0.15, 0.2) is 5.82 Å². The minimum Gasteiger partial charge on any atom is -0.371 e. The van der Waals surface area contributed by atoms with E-state index in [-0.39, 0.29) is 10.8 Å². The maximum Gasteiger partial charge on any atom is 0.259 e. The summed E-state index contributed by atoms with van der Waals surface area (Å²) >= 11 is 0. The molecule has 2 aliphatic heterocycles. The van der Waals surface area contributed by atoms with Crippen molar-refractivity contribution >= 4 is 27.4 Å². The van der Waals surface area contributed by atoms with Crippen LogP contribution in [0.1, 0.15) is 48.9 Å². The van der Waals surface area contributed by atoms with Crippen molar-refractivity contribution in [2.24, 2.45) is 7.05 Å². The van der Waals surface area contributed by atoms with Crippen molar-refractivity contribution in [2.45, 2.75) is 43.4 Å². The number of amides is 1. The number of aromatic nitrogens is 2. The molecular formula is C21H29N5O3S. The number of nitrogens with one attached hydrogen (secondary N) is 1. The van der Waals surface area contributed by atoms with E-state index in [1.807, 2.05) is 0 Å². The third-order valence-electron chi connectivity index (χ3n) is 5.82. The van der Waals surface area contributed by atoms with Gasteiger partial charge in [-0.25, -0.2) is 8.42 Å². The number of anilines is 2. The van der Waals surface area contributed by atoms with Crippen LogP contribution in [0, 0.1) is 0 Å². The molecule has 8 nitrogen and oxygen atoms in total. The second-order valence-corrected chi connectivity index (χ2v) is 9.96. The Morgan fingerprint density at radius 3 is 2.27 bits per heavy atom. The van der Waals surface area contributed by atoms with Crippen molar-refractivity contribution in [1.82, 2.24) is 14.1 Å². The van der Waals surface area contributed by atoms with E-state index in [0.29, 0.717) is 24.5 Å². The predicted molar refractivity (Wildman–Crippen MR) is 116 cm³/mol. The van der Waals surface area contributed by atoms with Gasteiger partial charge in [0.05, 0.1) is 10.5 Å². The normalized spacial score (nSPS) is 18.4. The van der Waals surface area contributed by atoms with E-state index in [0.717, 1.165) is 50.9 Å². The van der Waals surface area contributed by atoms with Crippen molar-refractivity contribution in [3.05, 3.63) is 36.0 Å². The molecule has 0 atom stereocenters. The highest BCUT2D eigenvalue weighted by Crippen LogP contribution is 2.29. The predicted octanol–water partition coefficient (Wildman–Crippen LogP) is 2.84. The highest BCUT2D eigenvalue weighted by Gasteiger charge is 2.28. The SMILES string of the molecule is Cn1ccc(NC(=O)c2cc(S(=O)(=O)N3CCCCC3)ccc2N2CCCCC2)n1. The van der Waals surface area contributed by atoms with Crippen LogP contribution in [0.15, 0.2) is 35.4 Å². The van der Waals surface area contributed by atoms with Crippen LogP contribution in [0.4, 0.5) is 11.5 Å². The molecule has 1 amide bonds. The van der Waals surface area contributed by atoms with Crippen LogP contribution >= 0.6 is 0 Å². The zero-order chi connectivity index (χ0) is 21.1. The number of rotatable bonds is 5. The van der Waals surface area contributed by atoms with Gasteiger partial charge in [0.1, 0.15) is 0 Å². The number of nitrogens with zero attached hydrogens (tertiary/aromatic N) is 4. The van der Waals surface area contributed by atoms with Gasteiger partial charge >= 0.3 is 0 Å². The Morgan fingerprint density at radius 1 is 0.967 bits per heavy atom. The van der Waals surface area contributed by atoms with Crippen molar-refractivity contribution in [2.75, 3.05) is 36.4 Å². The van der Waals surface area contributed by atoms with E-state index in [2.05, 4.69) is 15.3 Å². The average Bonchev–Trinajstić information content (AvgIpc) is 3.19. The van der Waals surface area contributed by atoms with E-state index in [1.54, 1.807) is 36.1 Å². The van der Waals surface area contributed by atoms with E-state index < -0.39 is 10.0 Å². The third kappa shape index (κ3) is 4.37. The molecule has 2 aromatic rings. The van der Waals surface area contributed by atoms with E-state index >= 15 is 0 Å². The molecule has 1 aromatic heterocycles. The van der Waals surface area contributed by atoms with Crippen LogP contribution < -0.4 is 10.2 Å². The Hall–Kier alpha value is -2.39. The zero-order valence-electron chi connectivity index (χ0n) is 17.4. The number of hydrogen-bond acceptors (Lipinski definition) is 5. The molecule has 2 fully saturated rings. The van der Waals surface area contributed by atoms with E-state index in [4.69, 9.17) is 0 Å². The van der Waals surface area contributed by atoms with Gasteiger partial charge in [0.25, 0.3) is 5.91 Å². The molecule has 0 saturated carbocycles. The lowest BCUT2D eigenvalue weighted by molar-refractivity contribution is 0.102. The highest BCUT2D eigenvalue weighted by molar-refractivity contribution is 7.89. The lowest BCUT2D eigenvalue weighted by atomic mass is 10.1. The first kappa shape index (κ1) is 20.9. The van der Waals surface area contributed by atoms with Crippen molar-refractivity contribution in [3.63, 3.8) is 0 Å². The fourth-order valence-electron chi connectivity index (χ4n) is 4.19. The fourth-order valence-corrected chi connectivity index (χ4v) is 5.73. The third-order valence-corrected chi connectivity index (χ3v) is 7.71. The smallest absolute Gasteiger partial charge is 0.259 e. The Bertz CT molecular complexity index is 1010. The standard InChI is InChI=1S/C21H29N5O3S/c1-24-15-10-20(23-24)22-21(27)18-16-17(30(28,29)26-13-6-3-7-14-26)8-9-19(18)25-11-4-2-5-12-25/h8-10,15-16H,2-7,11-14H2,1H3,(H,22,23,27). The number of benzene rings is 1. The zero-order valence-corrected chi connectivity index (χ0v) is 18.2. The molecule has 162 valence electrons. The Balaban J connectivity index is 1.69. The summed E-state index contributed by atoms with van der Waals surface area (Å²) in [5.74, 6) is 0.0985.